The van der Waals surface area contributed by atoms with Gasteiger partial charge in [0.25, 0.3) is 5.91 Å². The van der Waals surface area contributed by atoms with Crippen LogP contribution in [0.5, 0.6) is 5.75 Å². The minimum Gasteiger partial charge on any atom is -0.487 e. The molecular formula is C35H45ClN2O5S3. The molecule has 4 aliphatic rings. The van der Waals surface area contributed by atoms with E-state index in [1.807, 2.05) is 60.8 Å². The van der Waals surface area contributed by atoms with E-state index in [2.05, 4.69) is 9.62 Å². The average Bonchev–Trinajstić information content (AvgIpc) is 3.05. The fraction of sp³-hybridized carbons (Fsp3) is 0.571. The fourth-order valence-corrected chi connectivity index (χ4v) is 11.9. The molecule has 11 heteroatoms. The quantitative estimate of drug-likeness (QED) is 0.305. The zero-order valence-corrected chi connectivity index (χ0v) is 29.8. The van der Waals surface area contributed by atoms with Crippen LogP contribution >= 0.6 is 35.1 Å². The van der Waals surface area contributed by atoms with Crippen LogP contribution < -0.4 is 14.4 Å². The summed E-state index contributed by atoms with van der Waals surface area (Å²) in [5.41, 5.74) is 2.31. The van der Waals surface area contributed by atoms with Crippen LogP contribution in [0.25, 0.3) is 0 Å². The Morgan fingerprint density at radius 3 is 2.61 bits per heavy atom. The Morgan fingerprint density at radius 1 is 1.04 bits per heavy atom. The second-order valence-corrected chi connectivity index (χ2v) is 18.5. The number of benzene rings is 2. The first-order valence-corrected chi connectivity index (χ1v) is 20.6. The number of thioether (sulfide) groups is 2. The number of aliphatic hydroxyl groups is 1. The molecule has 5 atom stereocenters. The topological polar surface area (TPSA) is 95.9 Å². The first kappa shape index (κ1) is 34.0. The third kappa shape index (κ3) is 7.26. The molecule has 2 bridgehead atoms. The van der Waals surface area contributed by atoms with Crippen molar-refractivity contribution in [3.8, 4) is 5.75 Å². The molecule has 0 spiro atoms. The van der Waals surface area contributed by atoms with E-state index >= 15 is 0 Å². The van der Waals surface area contributed by atoms with E-state index in [1.165, 1.54) is 5.56 Å². The third-order valence-corrected chi connectivity index (χ3v) is 15.7. The number of nitrogens with zero attached hydrogens (tertiary/aromatic N) is 1. The molecule has 1 amide bonds. The molecule has 3 aliphatic heterocycles. The molecule has 2 aromatic carbocycles. The lowest BCUT2D eigenvalue weighted by atomic mass is 9.64. The Bertz CT molecular complexity index is 1560. The summed E-state index contributed by atoms with van der Waals surface area (Å²) in [5.74, 6) is 2.16. The number of hydrogen-bond acceptors (Lipinski definition) is 8. The smallest absolute Gasteiger partial charge is 0.264 e. The molecule has 7 nitrogen and oxygen atoms in total. The molecule has 0 unspecified atom stereocenters. The van der Waals surface area contributed by atoms with Gasteiger partial charge < -0.3 is 14.7 Å². The van der Waals surface area contributed by atoms with E-state index in [9.17, 15) is 18.3 Å². The zero-order valence-electron chi connectivity index (χ0n) is 26.6. The summed E-state index contributed by atoms with van der Waals surface area (Å²) in [6, 6.07) is 11.1. The van der Waals surface area contributed by atoms with E-state index in [0.717, 1.165) is 74.4 Å². The number of fused-ring (bicyclic) bond motifs is 3. The van der Waals surface area contributed by atoms with Gasteiger partial charge in [0.05, 0.1) is 15.5 Å². The number of anilines is 1. The second-order valence-electron chi connectivity index (χ2n) is 13.3. The summed E-state index contributed by atoms with van der Waals surface area (Å²) < 4.78 is 35.7. The molecule has 1 saturated heterocycles. The van der Waals surface area contributed by atoms with Crippen LogP contribution in [-0.4, -0.2) is 59.5 Å². The van der Waals surface area contributed by atoms with Gasteiger partial charge in [-0.1, -0.05) is 36.7 Å². The van der Waals surface area contributed by atoms with Crippen LogP contribution in [0.15, 0.2) is 48.6 Å². The van der Waals surface area contributed by atoms with E-state index in [0.29, 0.717) is 23.8 Å². The summed E-state index contributed by atoms with van der Waals surface area (Å²) in [6.45, 7) is 5.35. The third-order valence-electron chi connectivity index (χ3n) is 10.3. The Hall–Kier alpha value is -1.85. The first-order chi connectivity index (χ1) is 22.0. The first-order valence-electron chi connectivity index (χ1n) is 16.5. The van der Waals surface area contributed by atoms with Crippen molar-refractivity contribution >= 4 is 56.7 Å². The second kappa shape index (κ2) is 14.3. The monoisotopic (exact) mass is 704 g/mol. The lowest BCUT2D eigenvalue weighted by Gasteiger charge is -2.51. The van der Waals surface area contributed by atoms with Gasteiger partial charge in [-0.05, 0) is 123 Å². The standard InChI is InChI=1S/C35H45ClN2O5S3/c1-23-7-5-15-35(40,34-44-17-6-18-45-34)30-13-10-27(30)21-38-16-4-3-8-25-19-29(36)12-9-28(25)22-43-32-14-11-26(20-31(32)38)33(39)37-46(41,42)24(23)2/h5,9,11-12,14-15,19-20,23-24,27,30,34,40H,3-4,6-8,10,13,16-18,21-22H2,1-2H3,(H,37,39)/b15-5+/t23-,24+,27-,30+,35+/m0/s1. The highest BCUT2D eigenvalue weighted by Gasteiger charge is 2.51. The molecule has 46 heavy (non-hydrogen) atoms. The lowest BCUT2D eigenvalue weighted by Crippen LogP contribution is -2.54. The van der Waals surface area contributed by atoms with Crippen LogP contribution in [-0.2, 0) is 23.1 Å². The highest BCUT2D eigenvalue weighted by Crippen LogP contribution is 2.52. The summed E-state index contributed by atoms with van der Waals surface area (Å²) >= 11 is 10.1. The lowest BCUT2D eigenvalue weighted by molar-refractivity contribution is -0.0331. The maximum Gasteiger partial charge on any atom is 0.264 e. The van der Waals surface area contributed by atoms with Crippen molar-refractivity contribution in [3.63, 3.8) is 0 Å². The van der Waals surface area contributed by atoms with Crippen molar-refractivity contribution in [2.45, 2.75) is 80.8 Å². The number of amides is 1. The van der Waals surface area contributed by atoms with Gasteiger partial charge in [0.15, 0.2) is 0 Å². The van der Waals surface area contributed by atoms with Crippen LogP contribution in [0.2, 0.25) is 5.02 Å². The van der Waals surface area contributed by atoms with E-state index in [1.54, 1.807) is 25.1 Å². The van der Waals surface area contributed by atoms with Gasteiger partial charge in [0.1, 0.15) is 18.0 Å². The molecular weight excluding hydrogens is 660 g/mol. The van der Waals surface area contributed by atoms with E-state index in [-0.39, 0.29) is 27.9 Å². The summed E-state index contributed by atoms with van der Waals surface area (Å²) in [4.78, 5) is 15.8. The highest BCUT2D eigenvalue weighted by molar-refractivity contribution is 8.17. The SMILES string of the molecule is C[C@@H]1[C@@H](C)C/C=C/[C@](O)(C2SCCCS2)[C@@H]2CC[C@H]2CN2CCCCc3cc(Cl)ccc3COc3ccc(cc32)C(=O)NS1(=O)=O. The number of ether oxygens (including phenoxy) is 1. The molecule has 2 aromatic rings. The summed E-state index contributed by atoms with van der Waals surface area (Å²) in [6.07, 6.45) is 10.3. The fourth-order valence-electron chi connectivity index (χ4n) is 7.14. The Labute approximate surface area is 287 Å². The van der Waals surface area contributed by atoms with Gasteiger partial charge in [-0.3, -0.25) is 4.79 Å². The van der Waals surface area contributed by atoms with Gasteiger partial charge in [0.2, 0.25) is 10.0 Å². The molecule has 1 aliphatic carbocycles. The van der Waals surface area contributed by atoms with Gasteiger partial charge in [-0.15, -0.1) is 23.5 Å². The van der Waals surface area contributed by atoms with Crippen LogP contribution in [0.4, 0.5) is 5.69 Å². The van der Waals surface area contributed by atoms with Crippen LogP contribution in [0.3, 0.4) is 0 Å². The Kier molecular flexibility index (Phi) is 10.6. The van der Waals surface area contributed by atoms with Crippen LogP contribution in [0, 0.1) is 17.8 Å². The predicted octanol–water partition coefficient (Wildman–Crippen LogP) is 7.06. The molecule has 0 radical (unpaired) electrons. The van der Waals surface area contributed by atoms with Gasteiger partial charge in [-0.25, -0.2) is 13.1 Å². The van der Waals surface area contributed by atoms with Crippen molar-refractivity contribution in [2.24, 2.45) is 17.8 Å². The van der Waals surface area contributed by atoms with Gasteiger partial charge in [0, 0.05) is 23.7 Å². The minimum atomic E-state index is -3.95. The number of halogens is 1. The molecule has 1 saturated carbocycles. The van der Waals surface area contributed by atoms with E-state index in [4.69, 9.17) is 16.3 Å². The average molecular weight is 705 g/mol. The number of hydrogen-bond donors (Lipinski definition) is 2. The van der Waals surface area contributed by atoms with Crippen molar-refractivity contribution in [3.05, 3.63) is 70.3 Å². The maximum absolute atomic E-state index is 13.5. The largest absolute Gasteiger partial charge is 0.487 e. The maximum atomic E-state index is 13.5. The zero-order chi connectivity index (χ0) is 32.5. The summed E-state index contributed by atoms with van der Waals surface area (Å²) in [5, 5.41) is 12.4. The number of sulfonamides is 1. The van der Waals surface area contributed by atoms with Gasteiger partial charge in [-0.2, -0.15) is 0 Å². The molecule has 6 rings (SSSR count). The van der Waals surface area contributed by atoms with Crippen molar-refractivity contribution in [1.82, 2.24) is 4.72 Å². The van der Waals surface area contributed by atoms with Crippen molar-refractivity contribution in [1.29, 1.82) is 0 Å². The molecule has 0 aromatic heterocycles. The number of nitrogens with one attached hydrogen (secondary N) is 1. The minimum absolute atomic E-state index is 0.0371. The molecule has 2 N–H and O–H groups in total. The number of carbonyl (C=O) groups excluding carboxylic acids is 1. The van der Waals surface area contributed by atoms with Crippen molar-refractivity contribution < 1.29 is 23.1 Å². The number of aryl methyl sites for hydroxylation is 1. The molecule has 3 heterocycles. The molecule has 250 valence electrons. The molecule has 2 fully saturated rings. The predicted molar refractivity (Wildman–Crippen MR) is 191 cm³/mol. The number of carbonyl (C=O) groups is 1. The normalized spacial score (nSPS) is 31.6. The number of allylic oxidation sites excluding steroid dienone is 1. The number of rotatable bonds is 1. The van der Waals surface area contributed by atoms with Gasteiger partial charge >= 0.3 is 0 Å². The highest BCUT2D eigenvalue weighted by atomic mass is 35.5. The Balaban J connectivity index is 1.41. The van der Waals surface area contributed by atoms with Crippen molar-refractivity contribution in [2.75, 3.05) is 29.5 Å². The Morgan fingerprint density at radius 2 is 1.85 bits per heavy atom. The van der Waals surface area contributed by atoms with E-state index < -0.39 is 26.8 Å². The van der Waals surface area contributed by atoms with Crippen LogP contribution in [0.1, 0.15) is 73.9 Å². The summed E-state index contributed by atoms with van der Waals surface area (Å²) in [7, 11) is -3.95.